The van der Waals surface area contributed by atoms with Crippen LogP contribution in [0.1, 0.15) is 16.2 Å². The Morgan fingerprint density at radius 3 is 2.41 bits per heavy atom. The summed E-state index contributed by atoms with van der Waals surface area (Å²) in [6, 6.07) is 8.07. The van der Waals surface area contributed by atoms with E-state index in [0.717, 1.165) is 0 Å². The lowest BCUT2D eigenvalue weighted by Gasteiger charge is -2.10. The molecule has 1 heterocycles. The smallest absolute Gasteiger partial charge is 0.435 e. The van der Waals surface area contributed by atoms with Crippen LogP contribution in [0.25, 0.3) is 0 Å². The second-order valence-electron chi connectivity index (χ2n) is 4.16. The Balaban J connectivity index is 2.23. The number of rotatable bonds is 4. The molecule has 2 N–H and O–H groups in total. The zero-order chi connectivity index (χ0) is 16.3. The predicted molar refractivity (Wildman–Crippen MR) is 67.1 cm³/mol. The van der Waals surface area contributed by atoms with Crippen LogP contribution < -0.4 is 5.32 Å². The number of aromatic carboxylic acids is 1. The van der Waals surface area contributed by atoms with E-state index in [4.69, 9.17) is 5.11 Å². The molecule has 7 nitrogen and oxygen atoms in total. The summed E-state index contributed by atoms with van der Waals surface area (Å²) in [6.07, 6.45) is -5.00. The van der Waals surface area contributed by atoms with E-state index in [-0.39, 0.29) is 4.68 Å². The first-order chi connectivity index (χ1) is 10.3. The number of nitrogens with zero attached hydrogens (tertiary/aromatic N) is 3. The highest BCUT2D eigenvalue weighted by Crippen LogP contribution is 2.31. The fraction of sp³-hybridized carbons (Fsp3) is 0.167. The zero-order valence-electron chi connectivity index (χ0n) is 10.8. The van der Waals surface area contributed by atoms with Gasteiger partial charge < -0.3 is 10.4 Å². The normalized spacial score (nSPS) is 11.2. The van der Waals surface area contributed by atoms with E-state index in [0.29, 0.717) is 5.69 Å². The Hall–Kier alpha value is -2.91. The standard InChI is InChI=1S/C12H9F3N4O3/c13-12(14,15)10-9(11(21)22)17-18-19(10)6-8(20)16-7-4-2-1-3-5-7/h1-5H,6H2,(H,16,20)(H,21,22). The van der Waals surface area contributed by atoms with Crippen molar-refractivity contribution in [2.45, 2.75) is 12.7 Å². The van der Waals surface area contributed by atoms with Crippen LogP contribution in [0.3, 0.4) is 0 Å². The minimum atomic E-state index is -5.00. The molecule has 22 heavy (non-hydrogen) atoms. The van der Waals surface area contributed by atoms with E-state index >= 15 is 0 Å². The summed E-state index contributed by atoms with van der Waals surface area (Å²) in [7, 11) is 0. The Bertz CT molecular complexity index is 697. The van der Waals surface area contributed by atoms with Crippen molar-refractivity contribution in [2.24, 2.45) is 0 Å². The summed E-state index contributed by atoms with van der Waals surface area (Å²) < 4.78 is 38.9. The molecule has 0 spiro atoms. The number of carbonyl (C=O) groups is 2. The fourth-order valence-electron chi connectivity index (χ4n) is 1.71. The maximum absolute atomic E-state index is 12.9. The number of nitrogens with one attached hydrogen (secondary N) is 1. The average Bonchev–Trinajstić information content (AvgIpc) is 2.83. The number of amides is 1. The molecule has 1 aromatic carbocycles. The van der Waals surface area contributed by atoms with E-state index in [9.17, 15) is 22.8 Å². The van der Waals surface area contributed by atoms with Gasteiger partial charge in [0.05, 0.1) is 0 Å². The molecule has 1 amide bonds. The first-order valence-corrected chi connectivity index (χ1v) is 5.88. The number of benzene rings is 1. The molecule has 0 bridgehead atoms. The van der Waals surface area contributed by atoms with Crippen LogP contribution in [0.15, 0.2) is 30.3 Å². The number of carboxylic acids is 1. The highest BCUT2D eigenvalue weighted by molar-refractivity contribution is 5.91. The molecule has 0 aliphatic heterocycles. The minimum absolute atomic E-state index is 0.210. The van der Waals surface area contributed by atoms with E-state index in [1.54, 1.807) is 30.3 Å². The Morgan fingerprint density at radius 1 is 1.23 bits per heavy atom. The number of aromatic nitrogens is 3. The molecule has 0 saturated heterocycles. The molecule has 0 saturated carbocycles. The zero-order valence-corrected chi connectivity index (χ0v) is 10.8. The van der Waals surface area contributed by atoms with Gasteiger partial charge >= 0.3 is 12.1 Å². The maximum Gasteiger partial charge on any atom is 0.435 e. The van der Waals surface area contributed by atoms with Crippen molar-refractivity contribution in [3.63, 3.8) is 0 Å². The molecular weight excluding hydrogens is 305 g/mol. The molecule has 0 radical (unpaired) electrons. The second kappa shape index (κ2) is 5.84. The summed E-state index contributed by atoms with van der Waals surface area (Å²) in [5.74, 6) is -2.67. The van der Waals surface area contributed by atoms with Gasteiger partial charge in [0, 0.05) is 5.69 Å². The summed E-state index contributed by atoms with van der Waals surface area (Å²) in [5.41, 5.74) is -2.44. The topological polar surface area (TPSA) is 97.1 Å². The van der Waals surface area contributed by atoms with Gasteiger partial charge in [0.1, 0.15) is 6.54 Å². The lowest BCUT2D eigenvalue weighted by molar-refractivity contribution is -0.145. The van der Waals surface area contributed by atoms with Crippen molar-refractivity contribution < 1.29 is 27.9 Å². The fourth-order valence-corrected chi connectivity index (χ4v) is 1.71. The average molecular weight is 314 g/mol. The van der Waals surface area contributed by atoms with Crippen molar-refractivity contribution in [2.75, 3.05) is 5.32 Å². The molecule has 2 rings (SSSR count). The number of carboxylic acid groups (broad SMARTS) is 1. The highest BCUT2D eigenvalue weighted by Gasteiger charge is 2.41. The van der Waals surface area contributed by atoms with Gasteiger partial charge in [-0.2, -0.15) is 13.2 Å². The number of halogens is 3. The Kier molecular flexibility index (Phi) is 4.11. The molecule has 1 aromatic heterocycles. The van der Waals surface area contributed by atoms with Gasteiger partial charge in [-0.3, -0.25) is 4.79 Å². The van der Waals surface area contributed by atoms with Crippen LogP contribution in [0, 0.1) is 0 Å². The van der Waals surface area contributed by atoms with Gasteiger partial charge in [-0.25, -0.2) is 9.48 Å². The number of para-hydroxylation sites is 1. The number of anilines is 1. The van der Waals surface area contributed by atoms with Crippen molar-refractivity contribution in [1.29, 1.82) is 0 Å². The van der Waals surface area contributed by atoms with Crippen molar-refractivity contribution in [3.05, 3.63) is 41.7 Å². The monoisotopic (exact) mass is 314 g/mol. The van der Waals surface area contributed by atoms with Gasteiger partial charge in [-0.05, 0) is 12.1 Å². The lowest BCUT2D eigenvalue weighted by atomic mass is 10.3. The summed E-state index contributed by atoms with van der Waals surface area (Å²) in [4.78, 5) is 22.5. The maximum atomic E-state index is 12.9. The number of alkyl halides is 3. The molecule has 0 fully saturated rings. The minimum Gasteiger partial charge on any atom is -0.476 e. The molecule has 2 aromatic rings. The van der Waals surface area contributed by atoms with Crippen LogP contribution in [0.2, 0.25) is 0 Å². The van der Waals surface area contributed by atoms with Crippen LogP contribution >= 0.6 is 0 Å². The number of hydrogen-bond acceptors (Lipinski definition) is 4. The van der Waals surface area contributed by atoms with Gasteiger partial charge in [0.25, 0.3) is 0 Å². The van der Waals surface area contributed by atoms with Gasteiger partial charge in [0.15, 0.2) is 5.69 Å². The van der Waals surface area contributed by atoms with Crippen LogP contribution in [-0.2, 0) is 17.5 Å². The van der Waals surface area contributed by atoms with E-state index in [1.807, 2.05) is 0 Å². The van der Waals surface area contributed by atoms with Crippen LogP contribution in [-0.4, -0.2) is 32.0 Å². The molecule has 116 valence electrons. The molecule has 0 unspecified atom stereocenters. The van der Waals surface area contributed by atoms with Crippen molar-refractivity contribution in [1.82, 2.24) is 15.0 Å². The number of hydrogen-bond donors (Lipinski definition) is 2. The third-order valence-electron chi connectivity index (χ3n) is 2.56. The molecule has 0 aliphatic carbocycles. The molecule has 10 heteroatoms. The number of carbonyl (C=O) groups excluding carboxylic acids is 1. The Morgan fingerprint density at radius 2 is 1.86 bits per heavy atom. The third-order valence-corrected chi connectivity index (χ3v) is 2.56. The lowest BCUT2D eigenvalue weighted by Crippen LogP contribution is -2.25. The Labute approximate surface area is 121 Å². The molecule has 0 atom stereocenters. The van der Waals surface area contributed by atoms with Crippen LogP contribution in [0.4, 0.5) is 18.9 Å². The first kappa shape index (κ1) is 15.5. The van der Waals surface area contributed by atoms with E-state index in [2.05, 4.69) is 15.6 Å². The summed E-state index contributed by atoms with van der Waals surface area (Å²) in [5, 5.41) is 17.1. The van der Waals surface area contributed by atoms with Crippen molar-refractivity contribution >= 4 is 17.6 Å². The van der Waals surface area contributed by atoms with E-state index < -0.39 is 36.0 Å². The predicted octanol–water partition coefficient (Wildman–Crippen LogP) is 1.63. The third kappa shape index (κ3) is 3.40. The van der Waals surface area contributed by atoms with Crippen molar-refractivity contribution in [3.8, 4) is 0 Å². The SMILES string of the molecule is O=C(Cn1nnc(C(=O)O)c1C(F)(F)F)Nc1ccccc1. The van der Waals surface area contributed by atoms with Gasteiger partial charge in [0.2, 0.25) is 11.6 Å². The van der Waals surface area contributed by atoms with Gasteiger partial charge in [-0.15, -0.1) is 5.10 Å². The largest absolute Gasteiger partial charge is 0.476 e. The molecule has 0 aliphatic rings. The van der Waals surface area contributed by atoms with Crippen LogP contribution in [0.5, 0.6) is 0 Å². The van der Waals surface area contributed by atoms with E-state index in [1.165, 1.54) is 0 Å². The summed E-state index contributed by atoms with van der Waals surface area (Å²) in [6.45, 7) is -0.815. The summed E-state index contributed by atoms with van der Waals surface area (Å²) >= 11 is 0. The highest BCUT2D eigenvalue weighted by atomic mass is 19.4. The first-order valence-electron chi connectivity index (χ1n) is 5.88. The second-order valence-corrected chi connectivity index (χ2v) is 4.16. The van der Waals surface area contributed by atoms with Gasteiger partial charge in [-0.1, -0.05) is 23.4 Å². The quantitative estimate of drug-likeness (QED) is 0.894. The molecular formula is C12H9F3N4O3.